The zero-order valence-corrected chi connectivity index (χ0v) is 10.3. The van der Waals surface area contributed by atoms with Crippen LogP contribution in [0.4, 0.5) is 4.79 Å². The molecule has 0 aromatic heterocycles. The fourth-order valence-electron chi connectivity index (χ4n) is 0.941. The molecule has 0 aliphatic rings. The highest BCUT2D eigenvalue weighted by atomic mass is 16.2. The van der Waals surface area contributed by atoms with Gasteiger partial charge in [0.05, 0.1) is 6.04 Å². The molecule has 1 atom stereocenters. The molecule has 0 aromatic rings. The average Bonchev–Trinajstić information content (AvgIpc) is 2.13. The van der Waals surface area contributed by atoms with Crippen molar-refractivity contribution in [3.05, 3.63) is 0 Å². The Morgan fingerprint density at radius 1 is 1.40 bits per heavy atom. The van der Waals surface area contributed by atoms with E-state index in [1.807, 2.05) is 34.6 Å². The lowest BCUT2D eigenvalue weighted by atomic mass is 10.0. The van der Waals surface area contributed by atoms with Crippen molar-refractivity contribution in [3.63, 3.8) is 0 Å². The summed E-state index contributed by atoms with van der Waals surface area (Å²) < 4.78 is 0. The van der Waals surface area contributed by atoms with E-state index in [9.17, 15) is 9.59 Å². The van der Waals surface area contributed by atoms with E-state index < -0.39 is 6.04 Å². The van der Waals surface area contributed by atoms with Gasteiger partial charge in [0.15, 0.2) is 0 Å². The van der Waals surface area contributed by atoms with Crippen molar-refractivity contribution < 1.29 is 9.59 Å². The Hall–Kier alpha value is -1.06. The fraction of sp³-hybridized carbons (Fsp3) is 0.818. The highest BCUT2D eigenvalue weighted by Gasteiger charge is 2.20. The van der Waals surface area contributed by atoms with E-state index in [-0.39, 0.29) is 17.5 Å². The number of carbonyl (C=O) groups excluding carboxylic acids is 2. The second-order valence-corrected chi connectivity index (χ2v) is 4.74. The van der Waals surface area contributed by atoms with Gasteiger partial charge in [0.1, 0.15) is 6.29 Å². The monoisotopic (exact) mass is 214 g/mol. The molecule has 0 heterocycles. The standard InChI is InChI=1S/C11H22N2O2/c1-6-11(4,5)13-10(15)12-9(7-14)8(2)3/h7-9H,6H2,1-5H3,(H2,12,13,15). The van der Waals surface area contributed by atoms with Crippen molar-refractivity contribution in [1.29, 1.82) is 0 Å². The maximum absolute atomic E-state index is 11.5. The van der Waals surface area contributed by atoms with Gasteiger partial charge in [-0.3, -0.25) is 0 Å². The van der Waals surface area contributed by atoms with Gasteiger partial charge in [0, 0.05) is 5.54 Å². The first-order valence-electron chi connectivity index (χ1n) is 5.36. The van der Waals surface area contributed by atoms with Crippen LogP contribution in [0, 0.1) is 5.92 Å². The maximum Gasteiger partial charge on any atom is 0.315 e. The molecule has 0 aliphatic carbocycles. The number of rotatable bonds is 5. The third-order valence-corrected chi connectivity index (χ3v) is 2.50. The quantitative estimate of drug-likeness (QED) is 0.684. The molecule has 1 unspecified atom stereocenters. The molecule has 4 heteroatoms. The molecule has 0 rings (SSSR count). The van der Waals surface area contributed by atoms with Crippen LogP contribution >= 0.6 is 0 Å². The second kappa shape index (κ2) is 5.73. The molecule has 0 bridgehead atoms. The zero-order chi connectivity index (χ0) is 12.1. The normalized spacial score (nSPS) is 13.5. The third-order valence-electron chi connectivity index (χ3n) is 2.50. The van der Waals surface area contributed by atoms with Crippen LogP contribution in [0.2, 0.25) is 0 Å². The lowest BCUT2D eigenvalue weighted by molar-refractivity contribution is -0.110. The lowest BCUT2D eigenvalue weighted by Gasteiger charge is -2.26. The van der Waals surface area contributed by atoms with E-state index >= 15 is 0 Å². The highest BCUT2D eigenvalue weighted by molar-refractivity contribution is 5.78. The number of urea groups is 1. The van der Waals surface area contributed by atoms with Crippen LogP contribution < -0.4 is 10.6 Å². The Balaban J connectivity index is 4.19. The Morgan fingerprint density at radius 2 is 1.93 bits per heavy atom. The van der Waals surface area contributed by atoms with Crippen molar-refractivity contribution in [1.82, 2.24) is 10.6 Å². The molecule has 0 fully saturated rings. The molecule has 88 valence electrons. The predicted molar refractivity (Wildman–Crippen MR) is 60.7 cm³/mol. The molecule has 2 N–H and O–H groups in total. The van der Waals surface area contributed by atoms with Gasteiger partial charge >= 0.3 is 6.03 Å². The number of hydrogen-bond acceptors (Lipinski definition) is 2. The third kappa shape index (κ3) is 5.40. The van der Waals surface area contributed by atoms with Crippen LogP contribution in [0.15, 0.2) is 0 Å². The summed E-state index contributed by atoms with van der Waals surface area (Å²) in [7, 11) is 0. The van der Waals surface area contributed by atoms with Crippen molar-refractivity contribution >= 4 is 12.3 Å². The van der Waals surface area contributed by atoms with E-state index in [1.165, 1.54) is 0 Å². The number of hydrogen-bond donors (Lipinski definition) is 2. The van der Waals surface area contributed by atoms with E-state index in [4.69, 9.17) is 0 Å². The van der Waals surface area contributed by atoms with Crippen molar-refractivity contribution in [2.75, 3.05) is 0 Å². The van der Waals surface area contributed by atoms with Crippen LogP contribution in [0.3, 0.4) is 0 Å². The van der Waals surface area contributed by atoms with Gasteiger partial charge < -0.3 is 15.4 Å². The minimum atomic E-state index is -0.419. The van der Waals surface area contributed by atoms with E-state index in [2.05, 4.69) is 10.6 Å². The summed E-state index contributed by atoms with van der Waals surface area (Å²) in [6, 6.07) is -0.703. The molecule has 15 heavy (non-hydrogen) atoms. The molecule has 0 aliphatic heterocycles. The summed E-state index contributed by atoms with van der Waals surface area (Å²) in [5.41, 5.74) is -0.242. The Bertz CT molecular complexity index is 225. The largest absolute Gasteiger partial charge is 0.333 e. The number of aldehydes is 1. The minimum Gasteiger partial charge on any atom is -0.333 e. The van der Waals surface area contributed by atoms with E-state index in [0.29, 0.717) is 0 Å². The van der Waals surface area contributed by atoms with Gasteiger partial charge in [-0.1, -0.05) is 20.8 Å². The number of carbonyl (C=O) groups is 2. The van der Waals surface area contributed by atoms with Gasteiger partial charge in [0.25, 0.3) is 0 Å². The molecule has 4 nitrogen and oxygen atoms in total. The van der Waals surface area contributed by atoms with Gasteiger partial charge in [-0.25, -0.2) is 4.79 Å². The first-order valence-corrected chi connectivity index (χ1v) is 5.36. The van der Waals surface area contributed by atoms with Gasteiger partial charge in [0.2, 0.25) is 0 Å². The average molecular weight is 214 g/mol. The van der Waals surface area contributed by atoms with Gasteiger partial charge in [-0.15, -0.1) is 0 Å². The Kier molecular flexibility index (Phi) is 5.33. The number of amides is 2. The highest BCUT2D eigenvalue weighted by Crippen LogP contribution is 2.06. The van der Waals surface area contributed by atoms with Crippen molar-refractivity contribution in [2.45, 2.75) is 52.6 Å². The van der Waals surface area contributed by atoms with Crippen LogP contribution in [-0.4, -0.2) is 23.9 Å². The van der Waals surface area contributed by atoms with Crippen molar-refractivity contribution in [2.24, 2.45) is 5.92 Å². The predicted octanol–water partition coefficient (Wildman–Crippen LogP) is 1.70. The van der Waals surface area contributed by atoms with Gasteiger partial charge in [-0.05, 0) is 26.2 Å². The van der Waals surface area contributed by atoms with E-state index in [1.54, 1.807) is 0 Å². The van der Waals surface area contributed by atoms with E-state index in [0.717, 1.165) is 12.7 Å². The van der Waals surface area contributed by atoms with Crippen LogP contribution in [0.5, 0.6) is 0 Å². The van der Waals surface area contributed by atoms with Crippen LogP contribution in [0.1, 0.15) is 41.0 Å². The molecular formula is C11H22N2O2. The molecular weight excluding hydrogens is 192 g/mol. The molecule has 0 saturated heterocycles. The SMILES string of the molecule is CCC(C)(C)NC(=O)NC(C=O)C(C)C. The summed E-state index contributed by atoms with van der Waals surface area (Å²) in [6.45, 7) is 9.67. The summed E-state index contributed by atoms with van der Waals surface area (Å²) in [6.07, 6.45) is 1.61. The number of nitrogens with one attached hydrogen (secondary N) is 2. The minimum absolute atomic E-state index is 0.109. The molecule has 0 radical (unpaired) electrons. The summed E-state index contributed by atoms with van der Waals surface area (Å²) in [5, 5.41) is 5.46. The van der Waals surface area contributed by atoms with Crippen molar-refractivity contribution in [3.8, 4) is 0 Å². The van der Waals surface area contributed by atoms with Crippen LogP contribution in [-0.2, 0) is 4.79 Å². The van der Waals surface area contributed by atoms with Crippen LogP contribution in [0.25, 0.3) is 0 Å². The maximum atomic E-state index is 11.5. The fourth-order valence-corrected chi connectivity index (χ4v) is 0.941. The zero-order valence-electron chi connectivity index (χ0n) is 10.3. The molecule has 0 aromatic carbocycles. The smallest absolute Gasteiger partial charge is 0.315 e. The lowest BCUT2D eigenvalue weighted by Crippen LogP contribution is -2.52. The Labute approximate surface area is 91.8 Å². The topological polar surface area (TPSA) is 58.2 Å². The first-order chi connectivity index (χ1) is 6.82. The molecule has 2 amide bonds. The summed E-state index contributed by atoms with van der Waals surface area (Å²) in [4.78, 5) is 22.2. The summed E-state index contributed by atoms with van der Waals surface area (Å²) in [5.74, 6) is 0.109. The molecule has 0 saturated carbocycles. The summed E-state index contributed by atoms with van der Waals surface area (Å²) >= 11 is 0. The molecule has 0 spiro atoms. The second-order valence-electron chi connectivity index (χ2n) is 4.74. The van der Waals surface area contributed by atoms with Gasteiger partial charge in [-0.2, -0.15) is 0 Å². The first kappa shape index (κ1) is 13.9. The Morgan fingerprint density at radius 3 is 2.27 bits per heavy atom.